The third kappa shape index (κ3) is 2.52. The molecule has 0 saturated carbocycles. The van der Waals surface area contributed by atoms with Crippen LogP contribution in [0.1, 0.15) is 36.0 Å². The number of hydrogen-bond acceptors (Lipinski definition) is 3. The van der Waals surface area contributed by atoms with Gasteiger partial charge in [0, 0.05) is 13.1 Å². The third-order valence-corrected chi connectivity index (χ3v) is 3.13. The van der Waals surface area contributed by atoms with Crippen molar-refractivity contribution in [1.29, 1.82) is 0 Å². The lowest BCUT2D eigenvalue weighted by molar-refractivity contribution is 0.0755. The van der Waals surface area contributed by atoms with E-state index in [0.717, 1.165) is 25.7 Å². The van der Waals surface area contributed by atoms with E-state index >= 15 is 0 Å². The first-order chi connectivity index (χ1) is 8.20. The van der Waals surface area contributed by atoms with Gasteiger partial charge in [0.05, 0.1) is 0 Å². The molecule has 1 saturated heterocycles. The van der Waals surface area contributed by atoms with Crippen LogP contribution in [-0.2, 0) is 0 Å². The molecule has 1 aliphatic heterocycles. The van der Waals surface area contributed by atoms with Gasteiger partial charge in [-0.05, 0) is 25.0 Å². The number of hydrogen-bond donors (Lipinski definition) is 2. The molecule has 17 heavy (non-hydrogen) atoms. The lowest BCUT2D eigenvalue weighted by Crippen LogP contribution is -2.31. The quantitative estimate of drug-likeness (QED) is 0.783. The SMILES string of the molecule is O=C(c1c(O)cccc1O)N1CCCCCC1. The molecule has 1 amide bonds. The molecule has 1 aliphatic rings. The van der Waals surface area contributed by atoms with Gasteiger partial charge in [0.25, 0.3) is 5.91 Å². The first-order valence-electron chi connectivity index (χ1n) is 6.00. The van der Waals surface area contributed by atoms with Crippen LogP contribution in [0.5, 0.6) is 11.5 Å². The van der Waals surface area contributed by atoms with Gasteiger partial charge in [-0.2, -0.15) is 0 Å². The Morgan fingerprint density at radius 3 is 2.06 bits per heavy atom. The molecule has 4 nitrogen and oxygen atoms in total. The smallest absolute Gasteiger partial charge is 0.261 e. The second-order valence-electron chi connectivity index (χ2n) is 4.38. The van der Waals surface area contributed by atoms with Crippen molar-refractivity contribution in [2.45, 2.75) is 25.7 Å². The first kappa shape index (κ1) is 11.8. The van der Waals surface area contributed by atoms with E-state index in [1.54, 1.807) is 4.90 Å². The Morgan fingerprint density at radius 2 is 1.53 bits per heavy atom. The van der Waals surface area contributed by atoms with Gasteiger partial charge >= 0.3 is 0 Å². The molecule has 2 rings (SSSR count). The standard InChI is InChI=1S/C13H17NO3/c15-10-6-5-7-11(16)12(10)13(17)14-8-3-1-2-4-9-14/h5-7,15-16H,1-4,8-9H2. The van der Waals surface area contributed by atoms with Crippen LogP contribution in [0.3, 0.4) is 0 Å². The Kier molecular flexibility index (Phi) is 3.52. The Balaban J connectivity index is 2.23. The summed E-state index contributed by atoms with van der Waals surface area (Å²) < 4.78 is 0. The summed E-state index contributed by atoms with van der Waals surface area (Å²) in [6.45, 7) is 1.40. The molecule has 2 N–H and O–H groups in total. The van der Waals surface area contributed by atoms with Crippen LogP contribution in [0.4, 0.5) is 0 Å². The Hall–Kier alpha value is -1.71. The van der Waals surface area contributed by atoms with Crippen molar-refractivity contribution in [2.24, 2.45) is 0 Å². The molecule has 0 atom stereocenters. The van der Waals surface area contributed by atoms with Crippen molar-refractivity contribution in [3.8, 4) is 11.5 Å². The van der Waals surface area contributed by atoms with Gasteiger partial charge in [0.2, 0.25) is 0 Å². The second kappa shape index (κ2) is 5.08. The van der Waals surface area contributed by atoms with E-state index in [1.807, 2.05) is 0 Å². The molecule has 92 valence electrons. The number of benzene rings is 1. The van der Waals surface area contributed by atoms with Crippen molar-refractivity contribution in [1.82, 2.24) is 4.90 Å². The molecule has 1 aromatic carbocycles. The maximum atomic E-state index is 12.2. The fourth-order valence-corrected chi connectivity index (χ4v) is 2.18. The second-order valence-corrected chi connectivity index (χ2v) is 4.38. The first-order valence-corrected chi connectivity index (χ1v) is 6.00. The number of rotatable bonds is 1. The monoisotopic (exact) mass is 235 g/mol. The number of carbonyl (C=O) groups is 1. The van der Waals surface area contributed by atoms with Crippen LogP contribution in [0.15, 0.2) is 18.2 Å². The van der Waals surface area contributed by atoms with Crippen molar-refractivity contribution in [2.75, 3.05) is 13.1 Å². The summed E-state index contributed by atoms with van der Waals surface area (Å²) in [5.74, 6) is -0.582. The summed E-state index contributed by atoms with van der Waals surface area (Å²) >= 11 is 0. The predicted molar refractivity (Wildman–Crippen MR) is 64.1 cm³/mol. The van der Waals surface area contributed by atoms with Crippen LogP contribution in [0, 0.1) is 0 Å². The van der Waals surface area contributed by atoms with Gasteiger partial charge in [-0.3, -0.25) is 4.79 Å². The molecule has 1 heterocycles. The van der Waals surface area contributed by atoms with Gasteiger partial charge in [-0.25, -0.2) is 0 Å². The Morgan fingerprint density at radius 1 is 1.00 bits per heavy atom. The van der Waals surface area contributed by atoms with E-state index in [0.29, 0.717) is 13.1 Å². The number of amides is 1. The van der Waals surface area contributed by atoms with Crippen molar-refractivity contribution in [3.05, 3.63) is 23.8 Å². The molecular formula is C13H17NO3. The minimum Gasteiger partial charge on any atom is -0.507 e. The van der Waals surface area contributed by atoms with Crippen molar-refractivity contribution < 1.29 is 15.0 Å². The zero-order valence-corrected chi connectivity index (χ0v) is 9.72. The highest BCUT2D eigenvalue weighted by Gasteiger charge is 2.22. The van der Waals surface area contributed by atoms with Gasteiger partial charge in [0.1, 0.15) is 17.1 Å². The number of nitrogens with zero attached hydrogens (tertiary/aromatic N) is 1. The van der Waals surface area contributed by atoms with E-state index in [-0.39, 0.29) is 23.0 Å². The van der Waals surface area contributed by atoms with Crippen molar-refractivity contribution >= 4 is 5.91 Å². The largest absolute Gasteiger partial charge is 0.507 e. The fourth-order valence-electron chi connectivity index (χ4n) is 2.18. The summed E-state index contributed by atoms with van der Waals surface area (Å²) in [4.78, 5) is 13.9. The van der Waals surface area contributed by atoms with Gasteiger partial charge in [-0.1, -0.05) is 18.9 Å². The minimum absolute atomic E-state index is 0.0226. The van der Waals surface area contributed by atoms with E-state index in [4.69, 9.17) is 0 Å². The van der Waals surface area contributed by atoms with E-state index in [9.17, 15) is 15.0 Å². The average molecular weight is 235 g/mol. The van der Waals surface area contributed by atoms with Crippen LogP contribution < -0.4 is 0 Å². The zero-order valence-electron chi connectivity index (χ0n) is 9.72. The number of phenolic OH excluding ortho intramolecular Hbond substituents is 2. The third-order valence-electron chi connectivity index (χ3n) is 3.13. The van der Waals surface area contributed by atoms with Gasteiger partial charge < -0.3 is 15.1 Å². The summed E-state index contributed by atoms with van der Waals surface area (Å²) in [5.41, 5.74) is 0.0226. The molecule has 0 aliphatic carbocycles. The van der Waals surface area contributed by atoms with E-state index in [2.05, 4.69) is 0 Å². The Bertz CT molecular complexity index is 389. The predicted octanol–water partition coefficient (Wildman–Crippen LogP) is 2.11. The summed E-state index contributed by atoms with van der Waals surface area (Å²) in [6, 6.07) is 4.36. The number of likely N-dealkylation sites (tertiary alicyclic amines) is 1. The molecule has 0 aromatic heterocycles. The van der Waals surface area contributed by atoms with Crippen LogP contribution in [0.25, 0.3) is 0 Å². The highest BCUT2D eigenvalue weighted by molar-refractivity contribution is 5.99. The minimum atomic E-state index is -0.275. The maximum absolute atomic E-state index is 12.2. The fraction of sp³-hybridized carbons (Fsp3) is 0.462. The summed E-state index contributed by atoms with van der Waals surface area (Å²) in [7, 11) is 0. The number of carbonyl (C=O) groups excluding carboxylic acids is 1. The maximum Gasteiger partial charge on any atom is 0.261 e. The van der Waals surface area contributed by atoms with E-state index < -0.39 is 0 Å². The van der Waals surface area contributed by atoms with Crippen molar-refractivity contribution in [3.63, 3.8) is 0 Å². The molecule has 1 aromatic rings. The normalized spacial score (nSPS) is 16.6. The molecular weight excluding hydrogens is 218 g/mol. The summed E-state index contributed by atoms with van der Waals surface area (Å²) in [5, 5.41) is 19.3. The van der Waals surface area contributed by atoms with Gasteiger partial charge in [-0.15, -0.1) is 0 Å². The molecule has 0 spiro atoms. The molecule has 1 fully saturated rings. The molecule has 0 bridgehead atoms. The molecule has 4 heteroatoms. The zero-order chi connectivity index (χ0) is 12.3. The molecule has 0 radical (unpaired) electrons. The average Bonchev–Trinajstić information content (AvgIpc) is 2.57. The van der Waals surface area contributed by atoms with Crippen LogP contribution in [0.2, 0.25) is 0 Å². The number of aromatic hydroxyl groups is 2. The Labute approximate surface area is 100 Å². The topological polar surface area (TPSA) is 60.8 Å². The summed E-state index contributed by atoms with van der Waals surface area (Å²) in [6.07, 6.45) is 4.24. The van der Waals surface area contributed by atoms with E-state index in [1.165, 1.54) is 18.2 Å². The molecule has 0 unspecified atom stereocenters. The highest BCUT2D eigenvalue weighted by Crippen LogP contribution is 2.28. The lowest BCUT2D eigenvalue weighted by atomic mass is 10.1. The lowest BCUT2D eigenvalue weighted by Gasteiger charge is -2.21. The van der Waals surface area contributed by atoms with Crippen LogP contribution in [-0.4, -0.2) is 34.1 Å². The highest BCUT2D eigenvalue weighted by atomic mass is 16.3. The number of phenols is 2. The van der Waals surface area contributed by atoms with Crippen LogP contribution >= 0.6 is 0 Å². The van der Waals surface area contributed by atoms with Gasteiger partial charge in [0.15, 0.2) is 0 Å².